The molecule has 1 fully saturated rings. The van der Waals surface area contributed by atoms with Crippen LogP contribution in [0.1, 0.15) is 5.56 Å². The molecule has 0 aromatic heterocycles. The fourth-order valence-corrected chi connectivity index (χ4v) is 1.37. The molecule has 1 aliphatic rings. The van der Waals surface area contributed by atoms with Crippen molar-refractivity contribution in [1.29, 1.82) is 0 Å². The second kappa shape index (κ2) is 3.59. The maximum absolute atomic E-state index is 10.7. The summed E-state index contributed by atoms with van der Waals surface area (Å²) >= 11 is 0. The number of nitrogens with zero attached hydrogens (tertiary/aromatic N) is 1. The van der Waals surface area contributed by atoms with Crippen LogP contribution in [0.25, 0.3) is 6.08 Å². The molecular formula is C10H10N2O2. The fraction of sp³-hybridized carbons (Fsp3) is 0.200. The van der Waals surface area contributed by atoms with E-state index in [2.05, 4.69) is 5.32 Å². The second-order valence-corrected chi connectivity index (χ2v) is 3.22. The fourth-order valence-electron chi connectivity index (χ4n) is 1.37. The van der Waals surface area contributed by atoms with Crippen LogP contribution < -0.4 is 5.32 Å². The number of hydrogen-bond donors (Lipinski definition) is 1. The first kappa shape index (κ1) is 8.90. The number of benzene rings is 1. The second-order valence-electron chi connectivity index (χ2n) is 3.22. The van der Waals surface area contributed by atoms with E-state index in [1.165, 1.54) is 11.6 Å². The first-order valence-electron chi connectivity index (χ1n) is 4.41. The van der Waals surface area contributed by atoms with E-state index in [1.54, 1.807) is 12.1 Å². The van der Waals surface area contributed by atoms with Crippen molar-refractivity contribution in [3.8, 4) is 0 Å². The van der Waals surface area contributed by atoms with E-state index < -0.39 is 0 Å². The number of nitro benzene ring substituents is 1. The Balaban J connectivity index is 2.36. The van der Waals surface area contributed by atoms with Gasteiger partial charge in [-0.1, -0.05) is 12.1 Å². The molecular weight excluding hydrogens is 180 g/mol. The lowest BCUT2D eigenvalue weighted by Crippen LogP contribution is -2.33. The van der Waals surface area contributed by atoms with Gasteiger partial charge in [0, 0.05) is 19.2 Å². The van der Waals surface area contributed by atoms with Gasteiger partial charge in [-0.25, -0.2) is 0 Å². The zero-order valence-corrected chi connectivity index (χ0v) is 7.56. The van der Waals surface area contributed by atoms with Gasteiger partial charge < -0.3 is 5.32 Å². The van der Waals surface area contributed by atoms with Crippen LogP contribution in [-0.2, 0) is 0 Å². The highest BCUT2D eigenvalue weighted by molar-refractivity contribution is 5.64. The van der Waals surface area contributed by atoms with Crippen LogP contribution in [-0.4, -0.2) is 18.0 Å². The maximum Gasteiger partial charge on any atom is 0.276 e. The van der Waals surface area contributed by atoms with Crippen LogP contribution in [0.3, 0.4) is 0 Å². The Labute approximate surface area is 81.4 Å². The Morgan fingerprint density at radius 3 is 2.64 bits per heavy atom. The van der Waals surface area contributed by atoms with Gasteiger partial charge in [0.1, 0.15) is 0 Å². The lowest BCUT2D eigenvalue weighted by atomic mass is 10.1. The summed E-state index contributed by atoms with van der Waals surface area (Å²) in [6.07, 6.45) is 1.88. The average molecular weight is 190 g/mol. The lowest BCUT2D eigenvalue weighted by Gasteiger charge is -2.18. The monoisotopic (exact) mass is 190 g/mol. The van der Waals surface area contributed by atoms with Crippen LogP contribution in [0.4, 0.5) is 5.69 Å². The van der Waals surface area contributed by atoms with Crippen molar-refractivity contribution in [2.45, 2.75) is 0 Å². The van der Waals surface area contributed by atoms with Gasteiger partial charge in [-0.05, 0) is 17.7 Å². The maximum atomic E-state index is 10.7. The van der Waals surface area contributed by atoms with Crippen molar-refractivity contribution in [1.82, 2.24) is 5.32 Å². The summed E-state index contributed by atoms with van der Waals surface area (Å²) in [5.74, 6) is 0. The highest BCUT2D eigenvalue weighted by Crippen LogP contribution is 2.21. The van der Waals surface area contributed by atoms with Gasteiger partial charge in [-0.3, -0.25) is 10.1 Å². The largest absolute Gasteiger partial charge is 0.309 e. The van der Waals surface area contributed by atoms with Crippen LogP contribution in [0.5, 0.6) is 0 Å². The third-order valence-corrected chi connectivity index (χ3v) is 2.20. The molecule has 0 atom stereocenters. The first-order valence-corrected chi connectivity index (χ1v) is 4.41. The number of nitrogens with one attached hydrogen (secondary N) is 1. The zero-order valence-electron chi connectivity index (χ0n) is 7.56. The molecule has 1 saturated heterocycles. The molecule has 0 spiro atoms. The third-order valence-electron chi connectivity index (χ3n) is 2.20. The molecule has 1 heterocycles. The molecule has 1 aliphatic heterocycles. The normalized spacial score (nSPS) is 14.7. The Hall–Kier alpha value is -1.68. The molecule has 4 heteroatoms. The van der Waals surface area contributed by atoms with Crippen molar-refractivity contribution in [2.75, 3.05) is 13.1 Å². The van der Waals surface area contributed by atoms with Crippen molar-refractivity contribution in [2.24, 2.45) is 0 Å². The molecule has 0 saturated carbocycles. The molecule has 0 unspecified atom stereocenters. The summed E-state index contributed by atoms with van der Waals surface area (Å²) in [6, 6.07) is 6.78. The SMILES string of the molecule is O=[N+]([O-])c1ccccc1C=C1CNC1. The Kier molecular flexibility index (Phi) is 2.28. The molecule has 1 N–H and O–H groups in total. The lowest BCUT2D eigenvalue weighted by molar-refractivity contribution is -0.385. The minimum absolute atomic E-state index is 0.173. The molecule has 0 aliphatic carbocycles. The molecule has 1 aromatic carbocycles. The Morgan fingerprint density at radius 2 is 2.07 bits per heavy atom. The Morgan fingerprint density at radius 1 is 1.36 bits per heavy atom. The van der Waals surface area contributed by atoms with Gasteiger partial charge >= 0.3 is 0 Å². The smallest absolute Gasteiger partial charge is 0.276 e. The minimum Gasteiger partial charge on any atom is -0.309 e. The third kappa shape index (κ3) is 1.65. The van der Waals surface area contributed by atoms with Gasteiger partial charge in [0.05, 0.1) is 10.5 Å². The molecule has 2 rings (SSSR count). The van der Waals surface area contributed by atoms with Gasteiger partial charge in [0.15, 0.2) is 0 Å². The van der Waals surface area contributed by atoms with E-state index in [0.29, 0.717) is 5.56 Å². The van der Waals surface area contributed by atoms with Gasteiger partial charge in [0.2, 0.25) is 0 Å². The van der Waals surface area contributed by atoms with Crippen LogP contribution in [0, 0.1) is 10.1 Å². The predicted molar refractivity (Wildman–Crippen MR) is 53.9 cm³/mol. The summed E-state index contributed by atoms with van der Waals surface area (Å²) in [5, 5.41) is 13.8. The number of para-hydroxylation sites is 1. The van der Waals surface area contributed by atoms with Crippen LogP contribution in [0.15, 0.2) is 29.8 Å². The molecule has 1 aromatic rings. The van der Waals surface area contributed by atoms with Crippen molar-refractivity contribution < 1.29 is 4.92 Å². The van der Waals surface area contributed by atoms with Crippen molar-refractivity contribution >= 4 is 11.8 Å². The quantitative estimate of drug-likeness (QED) is 0.569. The Bertz CT molecular complexity index is 393. The van der Waals surface area contributed by atoms with E-state index in [9.17, 15) is 10.1 Å². The van der Waals surface area contributed by atoms with Crippen molar-refractivity contribution in [3.63, 3.8) is 0 Å². The first-order chi connectivity index (χ1) is 6.77. The molecule has 0 amide bonds. The van der Waals surface area contributed by atoms with Gasteiger partial charge in [-0.15, -0.1) is 0 Å². The van der Waals surface area contributed by atoms with Crippen molar-refractivity contribution in [3.05, 3.63) is 45.5 Å². The molecule has 0 bridgehead atoms. The van der Waals surface area contributed by atoms with Gasteiger partial charge in [0.25, 0.3) is 5.69 Å². The highest BCUT2D eigenvalue weighted by Gasteiger charge is 2.13. The minimum atomic E-state index is -0.349. The van der Waals surface area contributed by atoms with E-state index in [0.717, 1.165) is 13.1 Å². The summed E-state index contributed by atoms with van der Waals surface area (Å²) < 4.78 is 0. The molecule has 72 valence electrons. The van der Waals surface area contributed by atoms with E-state index in [-0.39, 0.29) is 10.6 Å². The summed E-state index contributed by atoms with van der Waals surface area (Å²) in [4.78, 5) is 10.3. The number of hydrogen-bond acceptors (Lipinski definition) is 3. The van der Waals surface area contributed by atoms with E-state index >= 15 is 0 Å². The van der Waals surface area contributed by atoms with Crippen LogP contribution in [0.2, 0.25) is 0 Å². The average Bonchev–Trinajstić information content (AvgIpc) is 2.12. The summed E-state index contributed by atoms with van der Waals surface area (Å²) in [7, 11) is 0. The molecule has 0 radical (unpaired) electrons. The van der Waals surface area contributed by atoms with E-state index in [4.69, 9.17) is 0 Å². The highest BCUT2D eigenvalue weighted by atomic mass is 16.6. The number of rotatable bonds is 2. The topological polar surface area (TPSA) is 55.2 Å². The van der Waals surface area contributed by atoms with E-state index in [1.807, 2.05) is 12.1 Å². The standard InChI is InChI=1S/C10H10N2O2/c13-12(14)10-4-2-1-3-9(10)5-8-6-11-7-8/h1-5,11H,6-7H2. The summed E-state index contributed by atoms with van der Waals surface area (Å²) in [5.41, 5.74) is 2.07. The van der Waals surface area contributed by atoms with Gasteiger partial charge in [-0.2, -0.15) is 0 Å². The number of nitro groups is 1. The zero-order chi connectivity index (χ0) is 9.97. The molecule has 14 heavy (non-hydrogen) atoms. The summed E-state index contributed by atoms with van der Waals surface area (Å²) in [6.45, 7) is 1.68. The predicted octanol–water partition coefficient (Wildman–Crippen LogP) is 1.58. The van der Waals surface area contributed by atoms with Crippen LogP contribution >= 0.6 is 0 Å². The molecule has 4 nitrogen and oxygen atoms in total.